The topological polar surface area (TPSA) is 74.8 Å². The maximum Gasteiger partial charge on any atom is 0.326 e. The number of imidazole rings is 1. The highest BCUT2D eigenvalue weighted by Gasteiger charge is 2.25. The van der Waals surface area contributed by atoms with Gasteiger partial charge in [-0.3, -0.25) is 14.5 Å². The Kier molecular flexibility index (Phi) is 5.84. The fourth-order valence-corrected chi connectivity index (χ4v) is 3.60. The summed E-state index contributed by atoms with van der Waals surface area (Å²) >= 11 is 6.12. The second-order valence-electron chi connectivity index (χ2n) is 8.45. The summed E-state index contributed by atoms with van der Waals surface area (Å²) in [6, 6.07) is 11.3. The van der Waals surface area contributed by atoms with Crippen molar-refractivity contribution in [2.24, 2.45) is 7.05 Å². The van der Waals surface area contributed by atoms with E-state index in [2.05, 4.69) is 10.1 Å². The monoisotopic (exact) mass is 449 g/mol. The van der Waals surface area contributed by atoms with Gasteiger partial charge in [-0.15, -0.1) is 0 Å². The minimum absolute atomic E-state index is 0.000254. The van der Waals surface area contributed by atoms with Crippen LogP contribution in [0, 0.1) is 0 Å². The number of pyridine rings is 1. The van der Waals surface area contributed by atoms with Gasteiger partial charge in [0.1, 0.15) is 18.0 Å². The molecule has 32 heavy (non-hydrogen) atoms. The molecule has 3 heterocycles. The number of carbonyl (C=O) groups is 1. The molecule has 7 nitrogen and oxygen atoms in total. The average Bonchev–Trinajstić information content (AvgIpc) is 3.31. The quantitative estimate of drug-likeness (QED) is 0.400. The van der Waals surface area contributed by atoms with Crippen molar-refractivity contribution in [2.45, 2.75) is 32.9 Å². The molecule has 0 bridgehead atoms. The Balaban J connectivity index is 1.95. The SMILES string of the molecule is Cn1cc(-c2nc(-c3ccc(Cl)cc3)c(-c3ccncc3)n2CC(=O)OC(C)(C)C)cn1. The van der Waals surface area contributed by atoms with E-state index >= 15 is 0 Å². The van der Waals surface area contributed by atoms with Gasteiger partial charge in [0.2, 0.25) is 0 Å². The molecule has 0 radical (unpaired) electrons. The smallest absolute Gasteiger partial charge is 0.326 e. The van der Waals surface area contributed by atoms with Crippen LogP contribution in [0.15, 0.2) is 61.2 Å². The third kappa shape index (κ3) is 4.73. The molecule has 0 saturated carbocycles. The second-order valence-corrected chi connectivity index (χ2v) is 8.89. The fraction of sp³-hybridized carbons (Fsp3) is 0.250. The largest absolute Gasteiger partial charge is 0.459 e. The fourth-order valence-electron chi connectivity index (χ4n) is 3.48. The average molecular weight is 450 g/mol. The molecular formula is C24H24ClN5O2. The zero-order valence-electron chi connectivity index (χ0n) is 18.4. The van der Waals surface area contributed by atoms with Crippen molar-refractivity contribution >= 4 is 17.6 Å². The van der Waals surface area contributed by atoms with E-state index in [1.54, 1.807) is 23.3 Å². The number of nitrogens with zero attached hydrogens (tertiary/aromatic N) is 5. The normalized spacial score (nSPS) is 11.5. The molecule has 4 aromatic rings. The Morgan fingerprint density at radius 1 is 1.03 bits per heavy atom. The van der Waals surface area contributed by atoms with Crippen molar-refractivity contribution in [1.82, 2.24) is 24.3 Å². The van der Waals surface area contributed by atoms with E-state index in [-0.39, 0.29) is 12.5 Å². The predicted molar refractivity (Wildman–Crippen MR) is 124 cm³/mol. The number of hydrogen-bond acceptors (Lipinski definition) is 5. The summed E-state index contributed by atoms with van der Waals surface area (Å²) in [5.74, 6) is 0.277. The Bertz CT molecular complexity index is 1240. The van der Waals surface area contributed by atoms with Crippen LogP contribution < -0.4 is 0 Å². The highest BCUT2D eigenvalue weighted by atomic mass is 35.5. The molecule has 0 aliphatic rings. The van der Waals surface area contributed by atoms with Crippen LogP contribution in [0.3, 0.4) is 0 Å². The van der Waals surface area contributed by atoms with E-state index in [1.807, 2.05) is 75.0 Å². The number of aromatic nitrogens is 5. The number of carbonyl (C=O) groups excluding carboxylic acids is 1. The molecule has 1 aromatic carbocycles. The number of benzene rings is 1. The number of halogens is 1. The zero-order chi connectivity index (χ0) is 22.9. The van der Waals surface area contributed by atoms with Gasteiger partial charge < -0.3 is 9.30 Å². The first-order valence-corrected chi connectivity index (χ1v) is 10.6. The van der Waals surface area contributed by atoms with Gasteiger partial charge in [-0.2, -0.15) is 5.10 Å². The highest BCUT2D eigenvalue weighted by Crippen LogP contribution is 2.36. The van der Waals surface area contributed by atoms with Gasteiger partial charge in [-0.05, 0) is 45.0 Å². The van der Waals surface area contributed by atoms with Crippen molar-refractivity contribution in [3.8, 4) is 33.9 Å². The Morgan fingerprint density at radius 3 is 2.31 bits per heavy atom. The first-order chi connectivity index (χ1) is 15.2. The third-order valence-electron chi connectivity index (χ3n) is 4.71. The Morgan fingerprint density at radius 2 is 1.72 bits per heavy atom. The maximum absolute atomic E-state index is 12.9. The van der Waals surface area contributed by atoms with Crippen molar-refractivity contribution in [3.05, 3.63) is 66.2 Å². The molecule has 0 N–H and O–H groups in total. The minimum Gasteiger partial charge on any atom is -0.459 e. The summed E-state index contributed by atoms with van der Waals surface area (Å²) in [5.41, 5.74) is 3.49. The van der Waals surface area contributed by atoms with E-state index < -0.39 is 5.60 Å². The number of hydrogen-bond donors (Lipinski definition) is 0. The predicted octanol–water partition coefficient (Wildman–Crippen LogP) is 5.01. The van der Waals surface area contributed by atoms with Gasteiger partial charge in [0.05, 0.1) is 23.1 Å². The molecule has 0 amide bonds. The standard InChI is InChI=1S/C24H24ClN5O2/c1-24(2,3)32-20(31)15-30-22(17-9-11-26-12-10-17)21(16-5-7-19(25)8-6-16)28-23(30)18-13-27-29(4)14-18/h5-14H,15H2,1-4H3. The highest BCUT2D eigenvalue weighted by molar-refractivity contribution is 6.30. The lowest BCUT2D eigenvalue weighted by atomic mass is 10.1. The molecular weight excluding hydrogens is 426 g/mol. The van der Waals surface area contributed by atoms with Gasteiger partial charge in [-0.25, -0.2) is 4.98 Å². The first-order valence-electron chi connectivity index (χ1n) is 10.2. The minimum atomic E-state index is -0.595. The lowest BCUT2D eigenvalue weighted by Crippen LogP contribution is -2.27. The van der Waals surface area contributed by atoms with Gasteiger partial charge in [0.15, 0.2) is 0 Å². The lowest BCUT2D eigenvalue weighted by molar-refractivity contribution is -0.155. The van der Waals surface area contributed by atoms with E-state index in [4.69, 9.17) is 21.3 Å². The third-order valence-corrected chi connectivity index (χ3v) is 4.96. The molecule has 0 fully saturated rings. The van der Waals surface area contributed by atoms with Crippen molar-refractivity contribution < 1.29 is 9.53 Å². The Hall–Kier alpha value is -3.45. The number of esters is 1. The van der Waals surface area contributed by atoms with Crippen LogP contribution in [0.25, 0.3) is 33.9 Å². The summed E-state index contributed by atoms with van der Waals surface area (Å²) in [4.78, 5) is 22.0. The molecule has 0 aliphatic heterocycles. The molecule has 164 valence electrons. The van der Waals surface area contributed by atoms with E-state index in [0.717, 1.165) is 28.1 Å². The van der Waals surface area contributed by atoms with Crippen LogP contribution >= 0.6 is 11.6 Å². The second kappa shape index (κ2) is 8.59. The molecule has 0 aliphatic carbocycles. The van der Waals surface area contributed by atoms with Gasteiger partial charge in [0, 0.05) is 41.8 Å². The van der Waals surface area contributed by atoms with E-state index in [9.17, 15) is 4.79 Å². The number of ether oxygens (including phenoxy) is 1. The van der Waals surface area contributed by atoms with Crippen LogP contribution in [0.1, 0.15) is 20.8 Å². The Labute approximate surface area is 191 Å². The van der Waals surface area contributed by atoms with Gasteiger partial charge in [0.25, 0.3) is 0 Å². The summed E-state index contributed by atoms with van der Waals surface area (Å²) in [7, 11) is 1.84. The molecule has 4 rings (SSSR count). The lowest BCUT2D eigenvalue weighted by Gasteiger charge is -2.20. The molecule has 0 saturated heterocycles. The van der Waals surface area contributed by atoms with Crippen LogP contribution in [0.4, 0.5) is 0 Å². The van der Waals surface area contributed by atoms with Crippen molar-refractivity contribution in [1.29, 1.82) is 0 Å². The molecule has 3 aromatic heterocycles. The van der Waals surface area contributed by atoms with E-state index in [1.165, 1.54) is 0 Å². The summed E-state index contributed by atoms with van der Waals surface area (Å²) < 4.78 is 9.20. The summed E-state index contributed by atoms with van der Waals surface area (Å²) in [6.07, 6.45) is 7.04. The van der Waals surface area contributed by atoms with Crippen LogP contribution in [-0.2, 0) is 23.1 Å². The van der Waals surface area contributed by atoms with Crippen LogP contribution in [-0.4, -0.2) is 35.9 Å². The van der Waals surface area contributed by atoms with Crippen molar-refractivity contribution in [2.75, 3.05) is 0 Å². The van der Waals surface area contributed by atoms with E-state index in [0.29, 0.717) is 10.8 Å². The van der Waals surface area contributed by atoms with Crippen molar-refractivity contribution in [3.63, 3.8) is 0 Å². The van der Waals surface area contributed by atoms with Crippen LogP contribution in [0.5, 0.6) is 0 Å². The number of aryl methyl sites for hydroxylation is 1. The first kappa shape index (κ1) is 21.8. The molecule has 0 atom stereocenters. The summed E-state index contributed by atoms with van der Waals surface area (Å²) in [5, 5.41) is 4.93. The zero-order valence-corrected chi connectivity index (χ0v) is 19.2. The molecule has 8 heteroatoms. The van der Waals surface area contributed by atoms with Gasteiger partial charge >= 0.3 is 5.97 Å². The molecule has 0 unspecified atom stereocenters. The summed E-state index contributed by atoms with van der Waals surface area (Å²) in [6.45, 7) is 5.55. The van der Waals surface area contributed by atoms with Gasteiger partial charge in [-0.1, -0.05) is 23.7 Å². The number of rotatable bonds is 5. The maximum atomic E-state index is 12.9. The molecule has 0 spiro atoms. The van der Waals surface area contributed by atoms with Crippen LogP contribution in [0.2, 0.25) is 5.02 Å².